The van der Waals surface area contributed by atoms with E-state index in [2.05, 4.69) is 36.7 Å². The molecule has 0 bridgehead atoms. The molecule has 0 saturated carbocycles. The van der Waals surface area contributed by atoms with Crippen LogP contribution in [0.25, 0.3) is 11.1 Å². The molecule has 0 amide bonds. The lowest BCUT2D eigenvalue weighted by molar-refractivity contribution is 0.493. The van der Waals surface area contributed by atoms with Gasteiger partial charge >= 0.3 is 0 Å². The van der Waals surface area contributed by atoms with E-state index in [0.717, 1.165) is 78.4 Å². The molecule has 0 radical (unpaired) electrons. The summed E-state index contributed by atoms with van der Waals surface area (Å²) in [6.07, 6.45) is 12.1. The molecule has 0 atom stereocenters. The summed E-state index contributed by atoms with van der Waals surface area (Å²) < 4.78 is 30.0. The number of hydrogen-bond donors (Lipinski definition) is 0. The first-order valence-corrected chi connectivity index (χ1v) is 14.2. The van der Waals surface area contributed by atoms with Crippen LogP contribution in [0.2, 0.25) is 0 Å². The van der Waals surface area contributed by atoms with Crippen LogP contribution in [-0.2, 0) is 22.7 Å². The third-order valence-corrected chi connectivity index (χ3v) is 8.42. The Balaban J connectivity index is 1.24. The maximum Gasteiger partial charge on any atom is 0.225 e. The highest BCUT2D eigenvalue weighted by Crippen LogP contribution is 2.41. The number of furan rings is 1. The summed E-state index contributed by atoms with van der Waals surface area (Å²) >= 11 is 0. The number of fused-ring (bicyclic) bond motifs is 2. The number of sulfone groups is 1. The summed E-state index contributed by atoms with van der Waals surface area (Å²) in [7, 11) is -3.25. The zero-order valence-corrected chi connectivity index (χ0v) is 21.2. The van der Waals surface area contributed by atoms with Gasteiger partial charge in [0.1, 0.15) is 11.8 Å². The van der Waals surface area contributed by atoms with Gasteiger partial charge in [0, 0.05) is 49.5 Å². The van der Waals surface area contributed by atoms with Gasteiger partial charge in [-0.15, -0.1) is 0 Å². The van der Waals surface area contributed by atoms with Crippen LogP contribution in [0.1, 0.15) is 42.4 Å². The Kier molecular flexibility index (Phi) is 5.63. The van der Waals surface area contributed by atoms with Gasteiger partial charge in [-0.1, -0.05) is 6.92 Å². The highest BCUT2D eigenvalue weighted by atomic mass is 32.2. The number of aryl methyl sites for hydroxylation is 1. The molecule has 2 aliphatic rings. The Morgan fingerprint density at radius 2 is 1.83 bits per heavy atom. The minimum atomic E-state index is -3.25. The maximum atomic E-state index is 12.0. The van der Waals surface area contributed by atoms with E-state index in [1.54, 1.807) is 18.5 Å². The van der Waals surface area contributed by atoms with Crippen LogP contribution in [0.3, 0.4) is 0 Å². The minimum Gasteiger partial charge on any atom is -0.458 e. The number of rotatable bonds is 5. The van der Waals surface area contributed by atoms with E-state index in [9.17, 15) is 8.42 Å². The van der Waals surface area contributed by atoms with Crippen molar-refractivity contribution in [2.24, 2.45) is 0 Å². The maximum absolute atomic E-state index is 12.0. The van der Waals surface area contributed by atoms with Crippen LogP contribution in [0, 0.1) is 0 Å². The highest BCUT2D eigenvalue weighted by Gasteiger charge is 2.29. The monoisotopic (exact) mass is 504 g/mol. The van der Waals surface area contributed by atoms with E-state index in [0.29, 0.717) is 22.9 Å². The largest absolute Gasteiger partial charge is 0.458 e. The molecule has 36 heavy (non-hydrogen) atoms. The normalized spacial score (nSPS) is 16.6. The number of benzene rings is 1. The number of hydrogen-bond acceptors (Lipinski definition) is 9. The van der Waals surface area contributed by atoms with E-state index >= 15 is 0 Å². The Morgan fingerprint density at radius 3 is 2.56 bits per heavy atom. The molecule has 9 nitrogen and oxygen atoms in total. The molecule has 4 aromatic rings. The number of anilines is 3. The molecular formula is C26H28N6O3S. The van der Waals surface area contributed by atoms with Crippen molar-refractivity contribution in [1.29, 1.82) is 0 Å². The van der Waals surface area contributed by atoms with Crippen molar-refractivity contribution in [3.05, 3.63) is 59.9 Å². The second-order valence-electron chi connectivity index (χ2n) is 9.54. The molecule has 2 aliphatic heterocycles. The van der Waals surface area contributed by atoms with Crippen LogP contribution in [0.15, 0.2) is 52.5 Å². The van der Waals surface area contributed by atoms with Gasteiger partial charge in [0.25, 0.3) is 0 Å². The zero-order chi connectivity index (χ0) is 24.9. The van der Waals surface area contributed by atoms with Gasteiger partial charge in [-0.05, 0) is 60.9 Å². The Bertz CT molecular complexity index is 1530. The molecule has 10 heteroatoms. The van der Waals surface area contributed by atoms with Gasteiger partial charge in [0.2, 0.25) is 5.95 Å². The van der Waals surface area contributed by atoms with Gasteiger partial charge in [0.15, 0.2) is 21.2 Å². The highest BCUT2D eigenvalue weighted by molar-refractivity contribution is 7.90. The molecule has 186 valence electrons. The Morgan fingerprint density at radius 1 is 1.06 bits per heavy atom. The van der Waals surface area contributed by atoms with Crippen molar-refractivity contribution in [3.63, 3.8) is 0 Å². The third kappa shape index (κ3) is 3.99. The summed E-state index contributed by atoms with van der Waals surface area (Å²) in [5, 5.41) is 0. The standard InChI is InChI=1S/C26H28N6O3S/c1-3-17-13-27-26(28-14-17)31-9-6-18(7-10-31)21-15-35-24-23(21)29-16-30-25(24)32-11-8-19-12-20(36(2,33)34)4-5-22(19)32/h4-5,12-16,18H,3,6-11H2,1-2H3. The number of aromatic nitrogens is 4. The SMILES string of the molecule is CCc1cnc(N2CCC(c3coc4c(N5CCc6cc(S(C)(=O)=O)ccc65)ncnc34)CC2)nc1. The van der Waals surface area contributed by atoms with E-state index in [4.69, 9.17) is 4.42 Å². The Hall–Kier alpha value is -3.53. The lowest BCUT2D eigenvalue weighted by atomic mass is 9.90. The molecular weight excluding hydrogens is 476 g/mol. The van der Waals surface area contributed by atoms with Crippen molar-refractivity contribution in [2.75, 3.05) is 35.7 Å². The zero-order valence-electron chi connectivity index (χ0n) is 20.4. The van der Waals surface area contributed by atoms with Gasteiger partial charge in [-0.25, -0.2) is 28.4 Å². The summed E-state index contributed by atoms with van der Waals surface area (Å²) in [4.78, 5) is 22.9. The molecule has 0 unspecified atom stereocenters. The first-order chi connectivity index (χ1) is 17.4. The molecule has 5 heterocycles. The summed E-state index contributed by atoms with van der Waals surface area (Å²) in [6.45, 7) is 4.57. The van der Waals surface area contributed by atoms with Gasteiger partial charge < -0.3 is 14.2 Å². The van der Waals surface area contributed by atoms with E-state index in [-0.39, 0.29) is 0 Å². The topological polar surface area (TPSA) is 105 Å². The summed E-state index contributed by atoms with van der Waals surface area (Å²) in [5.41, 5.74) is 5.74. The molecule has 3 aromatic heterocycles. The van der Waals surface area contributed by atoms with Crippen LogP contribution in [0.5, 0.6) is 0 Å². The summed E-state index contributed by atoms with van der Waals surface area (Å²) in [6, 6.07) is 5.29. The summed E-state index contributed by atoms with van der Waals surface area (Å²) in [5.74, 6) is 1.85. The fraction of sp³-hybridized carbons (Fsp3) is 0.385. The predicted molar refractivity (Wildman–Crippen MR) is 138 cm³/mol. The average molecular weight is 505 g/mol. The first-order valence-electron chi connectivity index (χ1n) is 12.3. The first kappa shape index (κ1) is 22.9. The average Bonchev–Trinajstić information content (AvgIpc) is 3.52. The fourth-order valence-corrected chi connectivity index (χ4v) is 5.92. The van der Waals surface area contributed by atoms with E-state index in [1.165, 1.54) is 6.26 Å². The van der Waals surface area contributed by atoms with Crippen molar-refractivity contribution in [2.45, 2.75) is 43.4 Å². The van der Waals surface area contributed by atoms with E-state index in [1.807, 2.05) is 24.7 Å². The quantitative estimate of drug-likeness (QED) is 0.398. The number of piperidine rings is 1. The van der Waals surface area contributed by atoms with Crippen LogP contribution in [-0.4, -0.2) is 54.2 Å². The lowest BCUT2D eigenvalue weighted by Crippen LogP contribution is -2.34. The minimum absolute atomic E-state index is 0.336. The third-order valence-electron chi connectivity index (χ3n) is 7.31. The van der Waals surface area contributed by atoms with Crippen LogP contribution in [0.4, 0.5) is 17.5 Å². The van der Waals surface area contributed by atoms with Crippen LogP contribution < -0.4 is 9.80 Å². The van der Waals surface area contributed by atoms with Crippen molar-refractivity contribution in [1.82, 2.24) is 19.9 Å². The molecule has 1 fully saturated rings. The molecule has 6 rings (SSSR count). The lowest BCUT2D eigenvalue weighted by Gasteiger charge is -2.31. The fourth-order valence-electron chi connectivity index (χ4n) is 5.25. The van der Waals surface area contributed by atoms with Crippen LogP contribution >= 0.6 is 0 Å². The van der Waals surface area contributed by atoms with E-state index < -0.39 is 9.84 Å². The smallest absolute Gasteiger partial charge is 0.225 e. The van der Waals surface area contributed by atoms with Gasteiger partial charge in [0.05, 0.1) is 11.2 Å². The number of nitrogens with zero attached hydrogens (tertiary/aromatic N) is 6. The van der Waals surface area contributed by atoms with Crippen molar-refractivity contribution >= 4 is 38.4 Å². The second-order valence-corrected chi connectivity index (χ2v) is 11.6. The van der Waals surface area contributed by atoms with Crippen molar-refractivity contribution in [3.8, 4) is 0 Å². The Labute approximate surface area is 210 Å². The molecule has 0 spiro atoms. The predicted octanol–water partition coefficient (Wildman–Crippen LogP) is 4.06. The second kappa shape index (κ2) is 8.85. The van der Waals surface area contributed by atoms with Gasteiger partial charge in [-0.2, -0.15) is 0 Å². The molecule has 0 N–H and O–H groups in total. The molecule has 1 aromatic carbocycles. The van der Waals surface area contributed by atoms with Crippen molar-refractivity contribution < 1.29 is 12.8 Å². The molecule has 0 aliphatic carbocycles. The molecule has 1 saturated heterocycles. The van der Waals surface area contributed by atoms with Gasteiger partial charge in [-0.3, -0.25) is 0 Å².